The zero-order chi connectivity index (χ0) is 15.9. The Hall–Kier alpha value is -1.85. The van der Waals surface area contributed by atoms with Gasteiger partial charge in [-0.25, -0.2) is 4.98 Å². The van der Waals surface area contributed by atoms with Crippen LogP contribution in [0, 0.1) is 0 Å². The van der Waals surface area contributed by atoms with Crippen LogP contribution in [0.2, 0.25) is 0 Å². The Morgan fingerprint density at radius 2 is 2.18 bits per heavy atom. The van der Waals surface area contributed by atoms with Gasteiger partial charge in [-0.2, -0.15) is 0 Å². The summed E-state index contributed by atoms with van der Waals surface area (Å²) < 4.78 is 0. The van der Waals surface area contributed by atoms with Gasteiger partial charge in [0.15, 0.2) is 5.82 Å². The molecule has 2 rings (SSSR count). The van der Waals surface area contributed by atoms with Crippen molar-refractivity contribution < 1.29 is 4.79 Å². The van der Waals surface area contributed by atoms with E-state index in [1.54, 1.807) is 11.9 Å². The van der Waals surface area contributed by atoms with Crippen molar-refractivity contribution in [2.45, 2.75) is 51.9 Å². The first-order valence-electron chi connectivity index (χ1n) is 8.27. The highest BCUT2D eigenvalue weighted by molar-refractivity contribution is 6.02. The summed E-state index contributed by atoms with van der Waals surface area (Å²) in [5.74, 6) is 2.92. The van der Waals surface area contributed by atoms with Crippen molar-refractivity contribution in [2.24, 2.45) is 4.99 Å². The number of nitrogens with zero attached hydrogens (tertiary/aromatic N) is 3. The van der Waals surface area contributed by atoms with Crippen LogP contribution in [0.3, 0.4) is 0 Å². The van der Waals surface area contributed by atoms with E-state index in [1.165, 1.54) is 25.7 Å². The van der Waals surface area contributed by atoms with Gasteiger partial charge in [-0.3, -0.25) is 14.7 Å². The van der Waals surface area contributed by atoms with Crippen LogP contribution in [0.5, 0.6) is 0 Å². The first-order valence-corrected chi connectivity index (χ1v) is 8.27. The lowest BCUT2D eigenvalue weighted by molar-refractivity contribution is -0.107. The predicted molar refractivity (Wildman–Crippen MR) is 89.6 cm³/mol. The summed E-state index contributed by atoms with van der Waals surface area (Å²) >= 11 is 0. The second-order valence-electron chi connectivity index (χ2n) is 5.70. The molecule has 22 heavy (non-hydrogen) atoms. The number of imidazole rings is 1. The summed E-state index contributed by atoms with van der Waals surface area (Å²) in [4.78, 5) is 25.6. The number of aromatic amines is 1. The minimum absolute atomic E-state index is 0.474. The Labute approximate surface area is 132 Å². The number of nitrogens with one attached hydrogen (secondary N) is 2. The van der Waals surface area contributed by atoms with Crippen molar-refractivity contribution in [3.8, 4) is 0 Å². The molecule has 0 radical (unpaired) electrons. The number of anilines is 1. The monoisotopic (exact) mass is 305 g/mol. The summed E-state index contributed by atoms with van der Waals surface area (Å²) in [6.07, 6.45) is 6.60. The fraction of sp³-hybridized carbons (Fsp3) is 0.688. The highest BCUT2D eigenvalue weighted by Crippen LogP contribution is 2.34. The Morgan fingerprint density at radius 3 is 2.73 bits per heavy atom. The number of aliphatic imine (C=N–C) groups is 1. The molecule has 0 aromatic carbocycles. The number of amidine groups is 1. The topological polar surface area (TPSA) is 73.4 Å². The molecular weight excluding hydrogens is 278 g/mol. The van der Waals surface area contributed by atoms with Gasteiger partial charge in [-0.05, 0) is 26.2 Å². The Morgan fingerprint density at radius 1 is 1.45 bits per heavy atom. The fourth-order valence-corrected chi connectivity index (χ4v) is 3.04. The standard InChI is InChI=1S/C16H27N5O/c1-4-10-21(11-22)16-13(15(17-3)18-5-2)19-14(20-16)12-8-6-7-9-12/h11-12H,4-10H2,1-3H3,(H,17,18)(H,19,20). The largest absolute Gasteiger partial charge is 0.369 e. The number of rotatable bonds is 7. The molecule has 1 aliphatic rings. The van der Waals surface area contributed by atoms with Crippen LogP contribution in [-0.2, 0) is 4.79 Å². The van der Waals surface area contributed by atoms with Crippen LogP contribution in [0.15, 0.2) is 4.99 Å². The number of hydrogen-bond donors (Lipinski definition) is 2. The minimum atomic E-state index is 0.474. The van der Waals surface area contributed by atoms with E-state index in [0.717, 1.165) is 36.7 Å². The number of carbonyl (C=O) groups is 1. The van der Waals surface area contributed by atoms with E-state index in [1.807, 2.05) is 6.92 Å². The Bertz CT molecular complexity index is 517. The van der Waals surface area contributed by atoms with E-state index in [0.29, 0.717) is 18.3 Å². The molecule has 122 valence electrons. The van der Waals surface area contributed by atoms with Crippen LogP contribution in [0.1, 0.15) is 63.4 Å². The molecule has 1 heterocycles. The van der Waals surface area contributed by atoms with Gasteiger partial charge in [0.05, 0.1) is 0 Å². The molecule has 1 amide bonds. The average Bonchev–Trinajstić information content (AvgIpc) is 3.19. The molecule has 0 unspecified atom stereocenters. The average molecular weight is 305 g/mol. The maximum Gasteiger partial charge on any atom is 0.215 e. The van der Waals surface area contributed by atoms with Crippen molar-refractivity contribution in [3.63, 3.8) is 0 Å². The van der Waals surface area contributed by atoms with E-state index >= 15 is 0 Å². The number of carbonyl (C=O) groups excluding carboxylic acids is 1. The van der Waals surface area contributed by atoms with E-state index in [2.05, 4.69) is 22.2 Å². The SMILES string of the molecule is CCCN(C=O)c1nc(C2CCCC2)[nH]c1C(=NC)NCC. The molecule has 0 saturated heterocycles. The summed E-state index contributed by atoms with van der Waals surface area (Å²) in [5.41, 5.74) is 0.826. The summed E-state index contributed by atoms with van der Waals surface area (Å²) in [5, 5.41) is 3.25. The third-order valence-electron chi connectivity index (χ3n) is 4.11. The maximum atomic E-state index is 11.5. The second-order valence-corrected chi connectivity index (χ2v) is 5.70. The first kappa shape index (κ1) is 16.5. The van der Waals surface area contributed by atoms with Crippen LogP contribution < -0.4 is 10.2 Å². The van der Waals surface area contributed by atoms with E-state index in [4.69, 9.17) is 4.98 Å². The van der Waals surface area contributed by atoms with Gasteiger partial charge in [-0.15, -0.1) is 0 Å². The summed E-state index contributed by atoms with van der Waals surface area (Å²) in [6, 6.07) is 0. The van der Waals surface area contributed by atoms with Gasteiger partial charge < -0.3 is 10.3 Å². The van der Waals surface area contributed by atoms with Gasteiger partial charge in [0, 0.05) is 26.1 Å². The lowest BCUT2D eigenvalue weighted by Gasteiger charge is -2.16. The summed E-state index contributed by atoms with van der Waals surface area (Å²) in [7, 11) is 1.75. The Kier molecular flexibility index (Phi) is 5.98. The van der Waals surface area contributed by atoms with Crippen molar-refractivity contribution in [1.82, 2.24) is 15.3 Å². The lowest BCUT2D eigenvalue weighted by Crippen LogP contribution is -2.29. The van der Waals surface area contributed by atoms with Gasteiger partial charge >= 0.3 is 0 Å². The smallest absolute Gasteiger partial charge is 0.215 e. The predicted octanol–water partition coefficient (Wildman–Crippen LogP) is 2.43. The second kappa shape index (κ2) is 7.96. The normalized spacial score (nSPS) is 16.0. The zero-order valence-electron chi connectivity index (χ0n) is 13.9. The molecule has 1 fully saturated rings. The van der Waals surface area contributed by atoms with Crippen LogP contribution in [-0.4, -0.2) is 42.4 Å². The molecule has 6 heteroatoms. The minimum Gasteiger partial charge on any atom is -0.369 e. The molecule has 0 bridgehead atoms. The summed E-state index contributed by atoms with van der Waals surface area (Å²) in [6.45, 7) is 5.52. The molecule has 1 saturated carbocycles. The van der Waals surface area contributed by atoms with Gasteiger partial charge in [0.2, 0.25) is 6.41 Å². The molecule has 6 nitrogen and oxygen atoms in total. The molecule has 1 aromatic heterocycles. The molecular formula is C16H27N5O. The first-order chi connectivity index (χ1) is 10.7. The molecule has 0 spiro atoms. The van der Waals surface area contributed by atoms with Crippen molar-refractivity contribution in [3.05, 3.63) is 11.5 Å². The van der Waals surface area contributed by atoms with E-state index in [-0.39, 0.29) is 0 Å². The third-order valence-corrected chi connectivity index (χ3v) is 4.11. The van der Waals surface area contributed by atoms with Crippen molar-refractivity contribution in [2.75, 3.05) is 25.0 Å². The number of amides is 1. The van der Waals surface area contributed by atoms with Crippen molar-refractivity contribution >= 4 is 18.1 Å². The van der Waals surface area contributed by atoms with Crippen LogP contribution in [0.25, 0.3) is 0 Å². The van der Waals surface area contributed by atoms with Crippen LogP contribution in [0.4, 0.5) is 5.82 Å². The molecule has 2 N–H and O–H groups in total. The van der Waals surface area contributed by atoms with Gasteiger partial charge in [0.1, 0.15) is 17.4 Å². The third kappa shape index (κ3) is 3.48. The Balaban J connectivity index is 2.40. The molecule has 1 aromatic rings. The maximum absolute atomic E-state index is 11.5. The zero-order valence-corrected chi connectivity index (χ0v) is 13.9. The van der Waals surface area contributed by atoms with Crippen LogP contribution >= 0.6 is 0 Å². The molecule has 0 atom stereocenters. The van der Waals surface area contributed by atoms with Crippen molar-refractivity contribution in [1.29, 1.82) is 0 Å². The van der Waals surface area contributed by atoms with E-state index < -0.39 is 0 Å². The quantitative estimate of drug-likeness (QED) is 0.461. The number of aromatic nitrogens is 2. The molecule has 1 aliphatic carbocycles. The number of hydrogen-bond acceptors (Lipinski definition) is 3. The molecule has 0 aliphatic heterocycles. The number of H-pyrrole nitrogens is 1. The highest BCUT2D eigenvalue weighted by Gasteiger charge is 2.25. The lowest BCUT2D eigenvalue weighted by atomic mass is 10.1. The van der Waals surface area contributed by atoms with Gasteiger partial charge in [0.25, 0.3) is 0 Å². The van der Waals surface area contributed by atoms with Gasteiger partial charge in [-0.1, -0.05) is 19.8 Å². The van der Waals surface area contributed by atoms with E-state index in [9.17, 15) is 4.79 Å². The highest BCUT2D eigenvalue weighted by atomic mass is 16.1. The fourth-order valence-electron chi connectivity index (χ4n) is 3.04.